The maximum Gasteiger partial charge on any atom is 0.251 e. The van der Waals surface area contributed by atoms with Gasteiger partial charge in [-0.05, 0) is 29.8 Å². The largest absolute Gasteiger partial charge is 0.504 e. The first kappa shape index (κ1) is 17.6. The van der Waals surface area contributed by atoms with Crippen LogP contribution in [0, 0.1) is 11.3 Å². The third-order valence-corrected chi connectivity index (χ3v) is 3.24. The smallest absolute Gasteiger partial charge is 0.251 e. The van der Waals surface area contributed by atoms with E-state index < -0.39 is 29.1 Å². The lowest BCUT2D eigenvalue weighted by Gasteiger charge is -2.09. The molecule has 0 aromatic heterocycles. The summed E-state index contributed by atoms with van der Waals surface area (Å²) in [6, 6.07) is 10.5. The molecule has 0 aliphatic heterocycles. The monoisotopic (exact) mass is 341 g/mol. The Morgan fingerprint density at radius 2 is 1.76 bits per heavy atom. The number of hydrogen-bond donors (Lipinski definition) is 5. The van der Waals surface area contributed by atoms with Gasteiger partial charge >= 0.3 is 0 Å². The first-order valence-corrected chi connectivity index (χ1v) is 7.19. The van der Waals surface area contributed by atoms with E-state index >= 15 is 0 Å². The average molecular weight is 341 g/mol. The summed E-state index contributed by atoms with van der Waals surface area (Å²) >= 11 is 0. The van der Waals surface area contributed by atoms with E-state index in [1.54, 1.807) is 30.3 Å². The molecule has 25 heavy (non-hydrogen) atoms. The summed E-state index contributed by atoms with van der Waals surface area (Å²) in [4.78, 5) is 23.5. The first-order valence-electron chi connectivity index (χ1n) is 7.19. The molecule has 0 spiro atoms. The van der Waals surface area contributed by atoms with Crippen molar-refractivity contribution in [2.45, 2.75) is 13.0 Å². The van der Waals surface area contributed by atoms with Crippen molar-refractivity contribution in [1.29, 1.82) is 5.26 Å². The fraction of sp³-hybridized carbons (Fsp3) is 0.118. The predicted octanol–water partition coefficient (Wildman–Crippen LogP) is 1.59. The highest BCUT2D eigenvalue weighted by Crippen LogP contribution is 2.35. The number of carbonyl (C=O) groups excluding carboxylic acids is 2. The van der Waals surface area contributed by atoms with Gasteiger partial charge in [-0.15, -0.1) is 0 Å². The van der Waals surface area contributed by atoms with Crippen molar-refractivity contribution < 1.29 is 24.9 Å². The van der Waals surface area contributed by atoms with Gasteiger partial charge in [-0.3, -0.25) is 9.59 Å². The van der Waals surface area contributed by atoms with Gasteiger partial charge in [-0.2, -0.15) is 5.26 Å². The molecule has 2 aromatic rings. The van der Waals surface area contributed by atoms with E-state index in [1.807, 2.05) is 0 Å². The highest BCUT2D eigenvalue weighted by molar-refractivity contribution is 5.95. The normalized spacial score (nSPS) is 9.88. The number of rotatable bonds is 5. The molecule has 2 amide bonds. The molecule has 0 heterocycles. The number of benzene rings is 2. The van der Waals surface area contributed by atoms with Crippen molar-refractivity contribution in [2.75, 3.05) is 5.32 Å². The number of nitrogens with zero attached hydrogens (tertiary/aromatic N) is 1. The van der Waals surface area contributed by atoms with Crippen LogP contribution in [0.25, 0.3) is 0 Å². The lowest BCUT2D eigenvalue weighted by Crippen LogP contribution is -2.22. The second kappa shape index (κ2) is 7.70. The lowest BCUT2D eigenvalue weighted by atomic mass is 10.1. The highest BCUT2D eigenvalue weighted by Gasteiger charge is 2.13. The molecule has 2 aromatic carbocycles. The number of hydrogen-bond acceptors (Lipinski definition) is 6. The van der Waals surface area contributed by atoms with Gasteiger partial charge in [0.05, 0.1) is 6.07 Å². The minimum absolute atomic E-state index is 0.0220. The van der Waals surface area contributed by atoms with Crippen LogP contribution in [0.3, 0.4) is 0 Å². The molecule has 0 unspecified atom stereocenters. The zero-order valence-corrected chi connectivity index (χ0v) is 13.0. The van der Waals surface area contributed by atoms with Gasteiger partial charge in [0.1, 0.15) is 6.42 Å². The number of carbonyl (C=O) groups is 2. The topological polar surface area (TPSA) is 143 Å². The average Bonchev–Trinajstić information content (AvgIpc) is 2.57. The van der Waals surface area contributed by atoms with Crippen molar-refractivity contribution in [3.05, 3.63) is 47.5 Å². The molecule has 2 rings (SSSR count). The maximum absolute atomic E-state index is 12.1. The number of amides is 2. The Morgan fingerprint density at radius 3 is 2.40 bits per heavy atom. The second-order valence-corrected chi connectivity index (χ2v) is 5.13. The molecular formula is C17H15N3O5. The van der Waals surface area contributed by atoms with Crippen LogP contribution < -0.4 is 10.6 Å². The highest BCUT2D eigenvalue weighted by atomic mass is 16.3. The molecule has 8 heteroatoms. The maximum atomic E-state index is 12.1. The standard InChI is InChI=1S/C17H15N3O5/c18-5-4-15(23)20-12-3-1-2-10(6-12)9-19-17(25)11-7-13(21)16(24)14(22)8-11/h1-3,6-8,21-22,24H,4,9H2,(H,19,25)(H,20,23). The third kappa shape index (κ3) is 4.62. The summed E-state index contributed by atoms with van der Waals surface area (Å²) in [5.41, 5.74) is 1.16. The van der Waals surface area contributed by atoms with E-state index in [1.165, 1.54) is 0 Å². The van der Waals surface area contributed by atoms with Gasteiger partial charge in [-0.1, -0.05) is 12.1 Å². The van der Waals surface area contributed by atoms with Crippen molar-refractivity contribution in [1.82, 2.24) is 5.32 Å². The molecule has 0 fully saturated rings. The molecule has 0 radical (unpaired) electrons. The summed E-state index contributed by atoms with van der Waals surface area (Å²) in [6.45, 7) is 0.128. The van der Waals surface area contributed by atoms with Crippen LogP contribution in [-0.2, 0) is 11.3 Å². The van der Waals surface area contributed by atoms with Crippen LogP contribution in [0.1, 0.15) is 22.3 Å². The minimum atomic E-state index is -0.697. The Kier molecular flexibility index (Phi) is 5.43. The van der Waals surface area contributed by atoms with E-state index in [0.29, 0.717) is 11.3 Å². The van der Waals surface area contributed by atoms with E-state index in [-0.39, 0.29) is 18.5 Å². The van der Waals surface area contributed by atoms with Crippen molar-refractivity contribution >= 4 is 17.5 Å². The number of nitriles is 1. The van der Waals surface area contributed by atoms with Gasteiger partial charge in [0.2, 0.25) is 5.91 Å². The van der Waals surface area contributed by atoms with Crippen LogP contribution in [0.2, 0.25) is 0 Å². The molecule has 0 aliphatic carbocycles. The quantitative estimate of drug-likeness (QED) is 0.523. The van der Waals surface area contributed by atoms with Gasteiger partial charge in [0, 0.05) is 17.8 Å². The number of nitrogens with one attached hydrogen (secondary N) is 2. The summed E-state index contributed by atoms with van der Waals surface area (Å²) in [7, 11) is 0. The Balaban J connectivity index is 2.03. The molecule has 0 saturated carbocycles. The number of anilines is 1. The van der Waals surface area contributed by atoms with Crippen LogP contribution in [0.4, 0.5) is 5.69 Å². The van der Waals surface area contributed by atoms with E-state index in [9.17, 15) is 24.9 Å². The van der Waals surface area contributed by atoms with E-state index in [0.717, 1.165) is 12.1 Å². The number of phenolic OH excluding ortho intramolecular Hbond substituents is 3. The fourth-order valence-corrected chi connectivity index (χ4v) is 2.06. The SMILES string of the molecule is N#CCC(=O)Nc1cccc(CNC(=O)c2cc(O)c(O)c(O)c2)c1. The fourth-order valence-electron chi connectivity index (χ4n) is 2.06. The number of aromatic hydroxyl groups is 3. The first-order chi connectivity index (χ1) is 11.9. The van der Waals surface area contributed by atoms with Gasteiger partial charge in [-0.25, -0.2) is 0 Å². The zero-order valence-electron chi connectivity index (χ0n) is 13.0. The van der Waals surface area contributed by atoms with Crippen LogP contribution in [0.15, 0.2) is 36.4 Å². The summed E-state index contributed by atoms with van der Waals surface area (Å²) in [6.07, 6.45) is -0.255. The Hall–Kier alpha value is -3.73. The lowest BCUT2D eigenvalue weighted by molar-refractivity contribution is -0.115. The molecular weight excluding hydrogens is 326 g/mol. The van der Waals surface area contributed by atoms with E-state index in [2.05, 4.69) is 10.6 Å². The zero-order chi connectivity index (χ0) is 18.4. The number of phenols is 3. The van der Waals surface area contributed by atoms with Crippen molar-refractivity contribution in [3.63, 3.8) is 0 Å². The van der Waals surface area contributed by atoms with Crippen LogP contribution in [-0.4, -0.2) is 27.1 Å². The summed E-state index contributed by atoms with van der Waals surface area (Å²) < 4.78 is 0. The van der Waals surface area contributed by atoms with Gasteiger partial charge < -0.3 is 26.0 Å². The molecule has 8 nitrogen and oxygen atoms in total. The van der Waals surface area contributed by atoms with Crippen molar-refractivity contribution in [2.24, 2.45) is 0 Å². The van der Waals surface area contributed by atoms with Crippen molar-refractivity contribution in [3.8, 4) is 23.3 Å². The Morgan fingerprint density at radius 1 is 1.08 bits per heavy atom. The van der Waals surface area contributed by atoms with Gasteiger partial charge in [0.15, 0.2) is 17.2 Å². The second-order valence-electron chi connectivity index (χ2n) is 5.13. The molecule has 0 saturated heterocycles. The molecule has 0 atom stereocenters. The predicted molar refractivity (Wildman–Crippen MR) is 87.9 cm³/mol. The Labute approximate surface area is 143 Å². The molecule has 5 N–H and O–H groups in total. The molecule has 0 bridgehead atoms. The third-order valence-electron chi connectivity index (χ3n) is 3.24. The Bertz CT molecular complexity index is 835. The molecule has 128 valence electrons. The minimum Gasteiger partial charge on any atom is -0.504 e. The summed E-state index contributed by atoms with van der Waals surface area (Å²) in [5, 5.41) is 41.7. The summed E-state index contributed by atoms with van der Waals surface area (Å²) in [5.74, 6) is -2.90. The molecule has 0 aliphatic rings. The van der Waals surface area contributed by atoms with Gasteiger partial charge in [0.25, 0.3) is 5.91 Å². The van der Waals surface area contributed by atoms with Crippen LogP contribution in [0.5, 0.6) is 17.2 Å². The van der Waals surface area contributed by atoms with E-state index in [4.69, 9.17) is 5.26 Å². The van der Waals surface area contributed by atoms with Crippen LogP contribution >= 0.6 is 0 Å².